The SMILES string of the molecule is CCOC(=O)C1CNCCN1C(CC)c1ccco1. The first kappa shape index (κ1) is 14.1. The van der Waals surface area contributed by atoms with Crippen molar-refractivity contribution in [2.45, 2.75) is 32.4 Å². The van der Waals surface area contributed by atoms with E-state index in [1.165, 1.54) is 0 Å². The molecule has 0 spiro atoms. The fraction of sp³-hybridized carbons (Fsp3) is 0.643. The van der Waals surface area contributed by atoms with Crippen LogP contribution in [0.15, 0.2) is 22.8 Å². The Bertz CT molecular complexity index is 391. The van der Waals surface area contributed by atoms with Gasteiger partial charge >= 0.3 is 5.97 Å². The Labute approximate surface area is 113 Å². The van der Waals surface area contributed by atoms with Gasteiger partial charge in [-0.1, -0.05) is 6.92 Å². The minimum absolute atomic E-state index is 0.131. The van der Waals surface area contributed by atoms with Crippen molar-refractivity contribution in [1.82, 2.24) is 10.2 Å². The standard InChI is InChI=1S/C14H22N2O3/c1-3-11(13-6-5-9-19-13)16-8-7-15-10-12(16)14(17)18-4-2/h5-6,9,11-12,15H,3-4,7-8,10H2,1-2H3. The average Bonchev–Trinajstić information content (AvgIpc) is 2.94. The van der Waals surface area contributed by atoms with Gasteiger partial charge in [-0.2, -0.15) is 0 Å². The Morgan fingerprint density at radius 1 is 1.63 bits per heavy atom. The maximum absolute atomic E-state index is 12.1. The van der Waals surface area contributed by atoms with E-state index in [1.54, 1.807) is 6.26 Å². The Kier molecular flexibility index (Phi) is 4.99. The topological polar surface area (TPSA) is 54.7 Å². The monoisotopic (exact) mass is 266 g/mol. The molecule has 0 saturated carbocycles. The summed E-state index contributed by atoms with van der Waals surface area (Å²) < 4.78 is 10.7. The number of ether oxygens (including phenoxy) is 1. The molecule has 1 aliphatic heterocycles. The zero-order valence-corrected chi connectivity index (χ0v) is 11.6. The van der Waals surface area contributed by atoms with E-state index in [-0.39, 0.29) is 18.1 Å². The van der Waals surface area contributed by atoms with Crippen LogP contribution in [0.1, 0.15) is 32.1 Å². The molecule has 2 unspecified atom stereocenters. The molecule has 1 aromatic heterocycles. The van der Waals surface area contributed by atoms with Crippen molar-refractivity contribution in [2.75, 3.05) is 26.2 Å². The predicted molar refractivity (Wildman–Crippen MR) is 71.7 cm³/mol. The van der Waals surface area contributed by atoms with Crippen LogP contribution in [0.25, 0.3) is 0 Å². The molecule has 1 aromatic rings. The van der Waals surface area contributed by atoms with Crippen LogP contribution in [-0.4, -0.2) is 43.2 Å². The number of esters is 1. The lowest BCUT2D eigenvalue weighted by molar-refractivity contribution is -0.151. The highest BCUT2D eigenvalue weighted by molar-refractivity contribution is 5.76. The number of carbonyl (C=O) groups is 1. The van der Waals surface area contributed by atoms with E-state index >= 15 is 0 Å². The third-order valence-electron chi connectivity index (χ3n) is 3.50. The molecule has 0 aliphatic carbocycles. The van der Waals surface area contributed by atoms with Gasteiger partial charge in [-0.3, -0.25) is 9.69 Å². The summed E-state index contributed by atoms with van der Waals surface area (Å²) in [5.41, 5.74) is 0. The summed E-state index contributed by atoms with van der Waals surface area (Å²) in [4.78, 5) is 14.3. The molecule has 0 bridgehead atoms. The van der Waals surface area contributed by atoms with Gasteiger partial charge in [0.1, 0.15) is 11.8 Å². The van der Waals surface area contributed by atoms with Gasteiger partial charge in [-0.15, -0.1) is 0 Å². The second kappa shape index (κ2) is 6.73. The third kappa shape index (κ3) is 3.16. The van der Waals surface area contributed by atoms with E-state index < -0.39 is 0 Å². The predicted octanol–water partition coefficient (Wildman–Crippen LogP) is 1.57. The summed E-state index contributed by atoms with van der Waals surface area (Å²) in [6.45, 7) is 6.70. The highest BCUT2D eigenvalue weighted by atomic mass is 16.5. The van der Waals surface area contributed by atoms with E-state index in [0.29, 0.717) is 13.2 Å². The number of furan rings is 1. The highest BCUT2D eigenvalue weighted by Gasteiger charge is 2.35. The molecule has 2 heterocycles. The summed E-state index contributed by atoms with van der Waals surface area (Å²) in [6.07, 6.45) is 2.59. The number of nitrogens with zero attached hydrogens (tertiary/aromatic N) is 1. The van der Waals surface area contributed by atoms with Crippen LogP contribution in [0.5, 0.6) is 0 Å². The highest BCUT2D eigenvalue weighted by Crippen LogP contribution is 2.27. The summed E-state index contributed by atoms with van der Waals surface area (Å²) in [5.74, 6) is 0.762. The van der Waals surface area contributed by atoms with E-state index in [2.05, 4.69) is 17.1 Å². The first-order chi connectivity index (χ1) is 9.27. The molecule has 0 aromatic carbocycles. The van der Waals surface area contributed by atoms with Crippen LogP contribution in [-0.2, 0) is 9.53 Å². The lowest BCUT2D eigenvalue weighted by atomic mass is 10.1. The number of piperazine rings is 1. The van der Waals surface area contributed by atoms with Crippen molar-refractivity contribution < 1.29 is 13.9 Å². The van der Waals surface area contributed by atoms with Crippen LogP contribution >= 0.6 is 0 Å². The first-order valence-corrected chi connectivity index (χ1v) is 6.94. The van der Waals surface area contributed by atoms with Crippen molar-refractivity contribution in [3.63, 3.8) is 0 Å². The minimum atomic E-state index is -0.233. The van der Waals surface area contributed by atoms with Gasteiger partial charge in [0.15, 0.2) is 0 Å². The van der Waals surface area contributed by atoms with Crippen LogP contribution in [0.3, 0.4) is 0 Å². The Morgan fingerprint density at radius 3 is 3.11 bits per heavy atom. The lowest BCUT2D eigenvalue weighted by Gasteiger charge is -2.38. The van der Waals surface area contributed by atoms with E-state index in [4.69, 9.17) is 9.15 Å². The van der Waals surface area contributed by atoms with Gasteiger partial charge in [0, 0.05) is 19.6 Å². The molecule has 1 fully saturated rings. The maximum atomic E-state index is 12.1. The fourth-order valence-corrected chi connectivity index (χ4v) is 2.63. The first-order valence-electron chi connectivity index (χ1n) is 6.94. The molecule has 5 heteroatoms. The second-order valence-corrected chi connectivity index (χ2v) is 4.65. The fourth-order valence-electron chi connectivity index (χ4n) is 2.63. The van der Waals surface area contributed by atoms with Crippen LogP contribution in [0, 0.1) is 0 Å². The normalized spacial score (nSPS) is 22.1. The molecule has 1 N–H and O–H groups in total. The van der Waals surface area contributed by atoms with Gasteiger partial charge < -0.3 is 14.5 Å². The quantitative estimate of drug-likeness (QED) is 0.820. The lowest BCUT2D eigenvalue weighted by Crippen LogP contribution is -2.56. The van der Waals surface area contributed by atoms with Crippen molar-refractivity contribution in [1.29, 1.82) is 0 Å². The van der Waals surface area contributed by atoms with Crippen molar-refractivity contribution in [3.05, 3.63) is 24.2 Å². The molecule has 0 amide bonds. The van der Waals surface area contributed by atoms with Gasteiger partial charge in [-0.05, 0) is 25.5 Å². The number of carbonyl (C=O) groups excluding carboxylic acids is 1. The molecular weight excluding hydrogens is 244 g/mol. The van der Waals surface area contributed by atoms with Crippen molar-refractivity contribution in [2.24, 2.45) is 0 Å². The zero-order valence-electron chi connectivity index (χ0n) is 11.6. The molecule has 5 nitrogen and oxygen atoms in total. The molecule has 19 heavy (non-hydrogen) atoms. The molecule has 0 radical (unpaired) electrons. The Morgan fingerprint density at radius 2 is 2.47 bits per heavy atom. The summed E-state index contributed by atoms with van der Waals surface area (Å²) in [7, 11) is 0. The summed E-state index contributed by atoms with van der Waals surface area (Å²) >= 11 is 0. The Balaban J connectivity index is 2.15. The second-order valence-electron chi connectivity index (χ2n) is 4.65. The maximum Gasteiger partial charge on any atom is 0.324 e. The van der Waals surface area contributed by atoms with Crippen molar-refractivity contribution in [3.8, 4) is 0 Å². The molecule has 1 saturated heterocycles. The largest absolute Gasteiger partial charge is 0.468 e. The molecular formula is C14H22N2O3. The average molecular weight is 266 g/mol. The zero-order chi connectivity index (χ0) is 13.7. The van der Waals surface area contributed by atoms with E-state index in [9.17, 15) is 4.79 Å². The van der Waals surface area contributed by atoms with Gasteiger partial charge in [-0.25, -0.2) is 0 Å². The van der Waals surface area contributed by atoms with Crippen LogP contribution in [0.2, 0.25) is 0 Å². The van der Waals surface area contributed by atoms with Gasteiger partial charge in [0.25, 0.3) is 0 Å². The summed E-state index contributed by atoms with van der Waals surface area (Å²) in [5, 5.41) is 3.26. The van der Waals surface area contributed by atoms with Crippen LogP contribution in [0.4, 0.5) is 0 Å². The van der Waals surface area contributed by atoms with Crippen molar-refractivity contribution >= 4 is 5.97 Å². The van der Waals surface area contributed by atoms with Gasteiger partial charge in [0.05, 0.1) is 18.9 Å². The number of hydrogen-bond acceptors (Lipinski definition) is 5. The minimum Gasteiger partial charge on any atom is -0.468 e. The number of nitrogens with one attached hydrogen (secondary N) is 1. The molecule has 1 aliphatic rings. The molecule has 106 valence electrons. The van der Waals surface area contributed by atoms with E-state index in [0.717, 1.165) is 25.3 Å². The number of rotatable bonds is 5. The molecule has 2 rings (SSSR count). The Hall–Kier alpha value is -1.33. The molecule has 2 atom stereocenters. The van der Waals surface area contributed by atoms with Gasteiger partial charge in [0.2, 0.25) is 0 Å². The van der Waals surface area contributed by atoms with E-state index in [1.807, 2.05) is 19.1 Å². The summed E-state index contributed by atoms with van der Waals surface area (Å²) in [6, 6.07) is 3.76. The number of hydrogen-bond donors (Lipinski definition) is 1. The van der Waals surface area contributed by atoms with Crippen LogP contribution < -0.4 is 5.32 Å². The third-order valence-corrected chi connectivity index (χ3v) is 3.50. The smallest absolute Gasteiger partial charge is 0.324 e.